The van der Waals surface area contributed by atoms with Gasteiger partial charge in [0.2, 0.25) is 0 Å². The number of ether oxygens (including phenoxy) is 1. The fourth-order valence-electron chi connectivity index (χ4n) is 4.94. The molecule has 3 atom stereocenters. The van der Waals surface area contributed by atoms with Crippen LogP contribution in [0.4, 0.5) is 0 Å². The summed E-state index contributed by atoms with van der Waals surface area (Å²) in [5, 5.41) is 0. The maximum Gasteiger partial charge on any atom is 0.306 e. The van der Waals surface area contributed by atoms with Crippen molar-refractivity contribution in [2.24, 2.45) is 5.73 Å². The topological polar surface area (TPSA) is 81.9 Å². The number of fused-ring (bicyclic) bond motifs is 3. The van der Waals surface area contributed by atoms with E-state index in [9.17, 15) is 8.42 Å². The number of nitrogens with two attached hydrogens (primary N) is 1. The molecular weight excluding hydrogens is 400 g/mol. The van der Waals surface area contributed by atoms with Crippen LogP contribution >= 0.6 is 0 Å². The Morgan fingerprint density at radius 1 is 1.10 bits per heavy atom. The summed E-state index contributed by atoms with van der Waals surface area (Å²) in [6.07, 6.45) is 2.73. The van der Waals surface area contributed by atoms with Gasteiger partial charge in [0, 0.05) is 31.1 Å². The summed E-state index contributed by atoms with van der Waals surface area (Å²) < 4.78 is 33.9. The fraction of sp³-hybridized carbons (Fsp3) is 0.478. The molecule has 2 N–H and O–H groups in total. The van der Waals surface area contributed by atoms with Crippen molar-refractivity contribution in [2.75, 3.05) is 26.5 Å². The second-order valence-corrected chi connectivity index (χ2v) is 10.2. The van der Waals surface area contributed by atoms with Gasteiger partial charge in [-0.15, -0.1) is 0 Å². The normalized spacial score (nSPS) is 24.1. The summed E-state index contributed by atoms with van der Waals surface area (Å²) in [6, 6.07) is 10.6. The molecule has 0 spiro atoms. The van der Waals surface area contributed by atoms with Crippen LogP contribution in [0, 0.1) is 13.8 Å². The third-order valence-corrected chi connectivity index (χ3v) is 6.89. The minimum Gasteiger partial charge on any atom is -0.493 e. The molecule has 6 nitrogen and oxygen atoms in total. The van der Waals surface area contributed by atoms with Crippen LogP contribution in [-0.4, -0.2) is 45.8 Å². The Bertz CT molecular complexity index is 1070. The first-order valence-electron chi connectivity index (χ1n) is 10.3. The lowest BCUT2D eigenvalue weighted by atomic mass is 9.77. The first-order chi connectivity index (χ1) is 14.2. The minimum atomic E-state index is -3.62. The van der Waals surface area contributed by atoms with Crippen LogP contribution in [-0.2, 0) is 16.5 Å². The van der Waals surface area contributed by atoms with Gasteiger partial charge in [-0.05, 0) is 61.1 Å². The van der Waals surface area contributed by atoms with E-state index in [0.717, 1.165) is 43.3 Å². The molecule has 3 unspecified atom stereocenters. The zero-order valence-electron chi connectivity index (χ0n) is 18.0. The van der Waals surface area contributed by atoms with E-state index >= 15 is 0 Å². The number of nitrogens with zero attached hydrogens (tertiary/aromatic N) is 1. The molecule has 2 aromatic carbocycles. The molecule has 2 aromatic rings. The minimum absolute atomic E-state index is 0.0515. The maximum atomic E-state index is 11.6. The van der Waals surface area contributed by atoms with Crippen LogP contribution in [0.5, 0.6) is 11.5 Å². The molecule has 1 fully saturated rings. The average Bonchev–Trinajstić information content (AvgIpc) is 2.67. The number of hydrogen-bond donors (Lipinski definition) is 1. The van der Waals surface area contributed by atoms with Crippen LogP contribution < -0.4 is 14.7 Å². The summed E-state index contributed by atoms with van der Waals surface area (Å²) >= 11 is 0. The van der Waals surface area contributed by atoms with E-state index in [1.165, 1.54) is 23.8 Å². The molecule has 30 heavy (non-hydrogen) atoms. The van der Waals surface area contributed by atoms with Crippen molar-refractivity contribution in [3.63, 3.8) is 0 Å². The molecule has 0 bridgehead atoms. The summed E-state index contributed by atoms with van der Waals surface area (Å²) in [7, 11) is -2.10. The van der Waals surface area contributed by atoms with Gasteiger partial charge in [-0.1, -0.05) is 23.8 Å². The van der Waals surface area contributed by atoms with E-state index in [4.69, 9.17) is 14.7 Å². The van der Waals surface area contributed by atoms with Crippen molar-refractivity contribution in [3.05, 3.63) is 58.1 Å². The van der Waals surface area contributed by atoms with Crippen LogP contribution in [0.1, 0.15) is 46.2 Å². The highest BCUT2D eigenvalue weighted by Gasteiger charge is 2.39. The van der Waals surface area contributed by atoms with Crippen LogP contribution in [0.2, 0.25) is 0 Å². The molecule has 0 saturated carbocycles. The van der Waals surface area contributed by atoms with Crippen molar-refractivity contribution in [1.29, 1.82) is 0 Å². The first-order valence-corrected chi connectivity index (χ1v) is 12.1. The highest BCUT2D eigenvalue weighted by Crippen LogP contribution is 2.44. The van der Waals surface area contributed by atoms with E-state index in [1.54, 1.807) is 0 Å². The summed E-state index contributed by atoms with van der Waals surface area (Å²) in [4.78, 5) is 2.51. The number of methoxy groups -OCH3 is 1. The Hall–Kier alpha value is -2.09. The van der Waals surface area contributed by atoms with E-state index < -0.39 is 10.1 Å². The molecule has 0 amide bonds. The van der Waals surface area contributed by atoms with E-state index in [0.29, 0.717) is 11.7 Å². The van der Waals surface area contributed by atoms with Gasteiger partial charge >= 0.3 is 10.1 Å². The Labute approximate surface area is 179 Å². The van der Waals surface area contributed by atoms with Crippen molar-refractivity contribution in [1.82, 2.24) is 4.90 Å². The van der Waals surface area contributed by atoms with Crippen LogP contribution in [0.25, 0.3) is 0 Å². The fourth-order valence-corrected chi connectivity index (χ4v) is 5.40. The van der Waals surface area contributed by atoms with Crippen molar-refractivity contribution in [3.8, 4) is 11.5 Å². The molecule has 4 rings (SSSR count). The smallest absolute Gasteiger partial charge is 0.306 e. The Kier molecular flexibility index (Phi) is 5.55. The molecule has 0 aromatic heterocycles. The standard InChI is InChI=1S/C23H30N2O4S/c1-14-5-6-15(2)17(9-14)19-13-25-8-7-16-10-23(29-30(4,26)27)22(28-3)11-18(16)21(25)12-20(19)24/h5-6,9-11,19-21H,7-8,12-13,24H2,1-4H3. The largest absolute Gasteiger partial charge is 0.493 e. The highest BCUT2D eigenvalue weighted by atomic mass is 32.2. The monoisotopic (exact) mass is 430 g/mol. The Morgan fingerprint density at radius 3 is 2.57 bits per heavy atom. The quantitative estimate of drug-likeness (QED) is 0.751. The second kappa shape index (κ2) is 7.87. The van der Waals surface area contributed by atoms with Gasteiger partial charge in [0.05, 0.1) is 13.4 Å². The molecular formula is C23H30N2O4S. The summed E-state index contributed by atoms with van der Waals surface area (Å²) in [5.74, 6) is 0.990. The molecule has 7 heteroatoms. The second-order valence-electron chi connectivity index (χ2n) is 8.62. The lowest BCUT2D eigenvalue weighted by Gasteiger charge is -2.46. The maximum absolute atomic E-state index is 11.6. The molecule has 1 saturated heterocycles. The lowest BCUT2D eigenvalue weighted by molar-refractivity contribution is 0.109. The Morgan fingerprint density at radius 2 is 1.87 bits per heavy atom. The van der Waals surface area contributed by atoms with Gasteiger partial charge in [-0.25, -0.2) is 0 Å². The summed E-state index contributed by atoms with van der Waals surface area (Å²) in [6.45, 7) is 6.11. The number of benzene rings is 2. The molecule has 2 aliphatic heterocycles. The van der Waals surface area contributed by atoms with Gasteiger partial charge in [0.15, 0.2) is 11.5 Å². The third-order valence-electron chi connectivity index (χ3n) is 6.41. The number of aryl methyl sites for hydroxylation is 2. The highest BCUT2D eigenvalue weighted by molar-refractivity contribution is 7.86. The molecule has 0 aliphatic carbocycles. The first kappa shape index (κ1) is 21.2. The van der Waals surface area contributed by atoms with E-state index in [1.807, 2.05) is 12.1 Å². The molecule has 2 heterocycles. The van der Waals surface area contributed by atoms with E-state index in [-0.39, 0.29) is 17.8 Å². The molecule has 2 aliphatic rings. The zero-order chi connectivity index (χ0) is 21.6. The number of hydrogen-bond acceptors (Lipinski definition) is 6. The van der Waals surface area contributed by atoms with Gasteiger partial charge in [-0.3, -0.25) is 4.90 Å². The van der Waals surface area contributed by atoms with Crippen molar-refractivity contribution in [2.45, 2.75) is 44.7 Å². The van der Waals surface area contributed by atoms with Crippen LogP contribution in [0.15, 0.2) is 30.3 Å². The molecule has 0 radical (unpaired) electrons. The summed E-state index contributed by atoms with van der Waals surface area (Å²) in [5.41, 5.74) is 12.9. The number of piperidine rings is 1. The lowest BCUT2D eigenvalue weighted by Crippen LogP contribution is -2.49. The molecule has 162 valence electrons. The van der Waals surface area contributed by atoms with Gasteiger partial charge in [0.1, 0.15) is 0 Å². The SMILES string of the molecule is COc1cc2c(cc1OS(C)(=O)=O)CCN1CC(c3cc(C)ccc3C)C(N)CC21. The predicted molar refractivity (Wildman–Crippen MR) is 118 cm³/mol. The zero-order valence-corrected chi connectivity index (χ0v) is 18.8. The Balaban J connectivity index is 1.66. The van der Waals surface area contributed by atoms with Crippen molar-refractivity contribution >= 4 is 10.1 Å². The van der Waals surface area contributed by atoms with Gasteiger partial charge in [-0.2, -0.15) is 8.42 Å². The number of rotatable bonds is 4. The van der Waals surface area contributed by atoms with Crippen molar-refractivity contribution < 1.29 is 17.3 Å². The average molecular weight is 431 g/mol. The third kappa shape index (κ3) is 4.06. The van der Waals surface area contributed by atoms with Gasteiger partial charge < -0.3 is 14.7 Å². The van der Waals surface area contributed by atoms with E-state index in [2.05, 4.69) is 36.9 Å². The van der Waals surface area contributed by atoms with Crippen LogP contribution in [0.3, 0.4) is 0 Å². The van der Waals surface area contributed by atoms with Gasteiger partial charge in [0.25, 0.3) is 0 Å². The predicted octanol–water partition coefficient (Wildman–Crippen LogP) is 3.06.